The number of aromatic amines is 1. The zero-order valence-corrected chi connectivity index (χ0v) is 13.3. The standard InChI is InChI=1S/C17H20N4O2/c1-3-14-10-19-16(23-14)11-18-8-13-9-20-21-17(13)12-4-6-15(22-2)7-5-12/h4-7,9-10,18H,3,8,11H2,1-2H3,(H,20,21). The van der Waals surface area contributed by atoms with Crippen molar-refractivity contribution in [2.45, 2.75) is 26.4 Å². The van der Waals surface area contributed by atoms with Crippen LogP contribution in [0.5, 0.6) is 5.75 Å². The number of oxazole rings is 1. The zero-order chi connectivity index (χ0) is 16.1. The van der Waals surface area contributed by atoms with Crippen molar-refractivity contribution in [1.82, 2.24) is 20.5 Å². The van der Waals surface area contributed by atoms with E-state index >= 15 is 0 Å². The van der Waals surface area contributed by atoms with E-state index in [2.05, 4.69) is 20.5 Å². The molecule has 0 atom stereocenters. The number of H-pyrrole nitrogens is 1. The maximum Gasteiger partial charge on any atom is 0.208 e. The summed E-state index contributed by atoms with van der Waals surface area (Å²) in [7, 11) is 1.66. The molecule has 0 spiro atoms. The second-order valence-corrected chi connectivity index (χ2v) is 5.18. The Balaban J connectivity index is 1.63. The number of aromatic nitrogens is 3. The summed E-state index contributed by atoms with van der Waals surface area (Å²) in [5.41, 5.74) is 3.17. The Kier molecular flexibility index (Phi) is 4.73. The van der Waals surface area contributed by atoms with Crippen molar-refractivity contribution >= 4 is 0 Å². The summed E-state index contributed by atoms with van der Waals surface area (Å²) < 4.78 is 10.8. The fourth-order valence-electron chi connectivity index (χ4n) is 2.35. The number of nitrogens with zero attached hydrogens (tertiary/aromatic N) is 2. The van der Waals surface area contributed by atoms with Gasteiger partial charge < -0.3 is 14.5 Å². The zero-order valence-electron chi connectivity index (χ0n) is 13.3. The normalized spacial score (nSPS) is 10.9. The molecule has 3 aromatic rings. The molecule has 0 bridgehead atoms. The summed E-state index contributed by atoms with van der Waals surface area (Å²) in [4.78, 5) is 4.24. The number of hydrogen-bond acceptors (Lipinski definition) is 5. The van der Waals surface area contributed by atoms with E-state index in [1.807, 2.05) is 37.4 Å². The molecule has 0 saturated carbocycles. The summed E-state index contributed by atoms with van der Waals surface area (Å²) in [6.45, 7) is 3.32. The molecule has 2 heterocycles. The van der Waals surface area contributed by atoms with E-state index in [0.717, 1.165) is 34.8 Å². The number of nitrogens with one attached hydrogen (secondary N) is 2. The van der Waals surface area contributed by atoms with Gasteiger partial charge in [0.25, 0.3) is 0 Å². The third kappa shape index (κ3) is 3.60. The maximum absolute atomic E-state index is 5.58. The summed E-state index contributed by atoms with van der Waals surface area (Å²) in [5, 5.41) is 10.5. The Hall–Kier alpha value is -2.60. The van der Waals surface area contributed by atoms with Gasteiger partial charge in [0.2, 0.25) is 5.89 Å². The smallest absolute Gasteiger partial charge is 0.208 e. The predicted octanol–water partition coefficient (Wildman–Crippen LogP) is 2.93. The van der Waals surface area contributed by atoms with Gasteiger partial charge in [0.1, 0.15) is 11.5 Å². The van der Waals surface area contributed by atoms with Crippen molar-refractivity contribution in [3.8, 4) is 17.0 Å². The van der Waals surface area contributed by atoms with Crippen LogP contribution in [0.3, 0.4) is 0 Å². The molecule has 0 aliphatic rings. The van der Waals surface area contributed by atoms with Crippen LogP contribution in [-0.2, 0) is 19.5 Å². The molecule has 2 N–H and O–H groups in total. The molecule has 6 nitrogen and oxygen atoms in total. The highest BCUT2D eigenvalue weighted by Gasteiger charge is 2.08. The molecule has 23 heavy (non-hydrogen) atoms. The lowest BCUT2D eigenvalue weighted by atomic mass is 10.1. The Labute approximate surface area is 134 Å². The van der Waals surface area contributed by atoms with Crippen molar-refractivity contribution in [1.29, 1.82) is 0 Å². The maximum atomic E-state index is 5.58. The molecule has 0 fully saturated rings. The average molecular weight is 312 g/mol. The number of methoxy groups -OCH3 is 1. The first-order chi connectivity index (χ1) is 11.3. The molecule has 0 amide bonds. The van der Waals surface area contributed by atoms with Gasteiger partial charge >= 0.3 is 0 Å². The van der Waals surface area contributed by atoms with E-state index in [0.29, 0.717) is 19.0 Å². The van der Waals surface area contributed by atoms with Crippen molar-refractivity contribution in [2.75, 3.05) is 7.11 Å². The third-order valence-electron chi connectivity index (χ3n) is 3.64. The Morgan fingerprint density at radius 1 is 1.17 bits per heavy atom. The van der Waals surface area contributed by atoms with Crippen molar-refractivity contribution in [3.05, 3.63) is 53.9 Å². The summed E-state index contributed by atoms with van der Waals surface area (Å²) in [5.74, 6) is 2.45. The molecule has 6 heteroatoms. The lowest BCUT2D eigenvalue weighted by Gasteiger charge is -2.05. The van der Waals surface area contributed by atoms with Crippen LogP contribution in [0, 0.1) is 0 Å². The molecular formula is C17H20N4O2. The lowest BCUT2D eigenvalue weighted by molar-refractivity contribution is 0.415. The number of hydrogen-bond donors (Lipinski definition) is 2. The predicted molar refractivity (Wildman–Crippen MR) is 87.0 cm³/mol. The highest BCUT2D eigenvalue weighted by Crippen LogP contribution is 2.23. The van der Waals surface area contributed by atoms with E-state index in [9.17, 15) is 0 Å². The largest absolute Gasteiger partial charge is 0.497 e. The van der Waals surface area contributed by atoms with Gasteiger partial charge in [-0.25, -0.2) is 4.98 Å². The minimum atomic E-state index is 0.591. The van der Waals surface area contributed by atoms with Crippen molar-refractivity contribution in [3.63, 3.8) is 0 Å². The van der Waals surface area contributed by atoms with E-state index < -0.39 is 0 Å². The molecular weight excluding hydrogens is 292 g/mol. The van der Waals surface area contributed by atoms with Gasteiger partial charge in [-0.05, 0) is 24.3 Å². The quantitative estimate of drug-likeness (QED) is 0.701. The second-order valence-electron chi connectivity index (χ2n) is 5.18. The van der Waals surface area contributed by atoms with Crippen LogP contribution in [0.15, 0.2) is 41.1 Å². The van der Waals surface area contributed by atoms with Gasteiger partial charge in [0.05, 0.1) is 31.7 Å². The SMILES string of the molecule is CCc1cnc(CNCc2cn[nH]c2-c2ccc(OC)cc2)o1. The molecule has 1 aromatic carbocycles. The van der Waals surface area contributed by atoms with Crippen LogP contribution in [0.2, 0.25) is 0 Å². The van der Waals surface area contributed by atoms with Crippen LogP contribution in [0.25, 0.3) is 11.3 Å². The Bertz CT molecular complexity index is 746. The van der Waals surface area contributed by atoms with Gasteiger partial charge in [-0.2, -0.15) is 5.10 Å². The number of ether oxygens (including phenoxy) is 1. The van der Waals surface area contributed by atoms with Crippen LogP contribution < -0.4 is 10.1 Å². The molecule has 0 aliphatic carbocycles. The van der Waals surface area contributed by atoms with Gasteiger partial charge in [0.15, 0.2) is 0 Å². The van der Waals surface area contributed by atoms with Crippen molar-refractivity contribution < 1.29 is 9.15 Å². The number of aryl methyl sites for hydroxylation is 1. The molecule has 3 rings (SSSR count). The molecule has 0 radical (unpaired) electrons. The van der Waals surface area contributed by atoms with E-state index in [4.69, 9.17) is 9.15 Å². The van der Waals surface area contributed by atoms with Crippen LogP contribution in [0.1, 0.15) is 24.1 Å². The highest BCUT2D eigenvalue weighted by molar-refractivity contribution is 5.63. The third-order valence-corrected chi connectivity index (χ3v) is 3.64. The Morgan fingerprint density at radius 3 is 2.70 bits per heavy atom. The second kappa shape index (κ2) is 7.11. The number of benzene rings is 1. The monoisotopic (exact) mass is 312 g/mol. The van der Waals surface area contributed by atoms with Crippen LogP contribution >= 0.6 is 0 Å². The van der Waals surface area contributed by atoms with Gasteiger partial charge in [-0.1, -0.05) is 6.92 Å². The topological polar surface area (TPSA) is 76.0 Å². The first-order valence-corrected chi connectivity index (χ1v) is 7.61. The van der Waals surface area contributed by atoms with Gasteiger partial charge in [0, 0.05) is 24.1 Å². The van der Waals surface area contributed by atoms with Crippen molar-refractivity contribution in [2.24, 2.45) is 0 Å². The van der Waals surface area contributed by atoms with E-state index in [-0.39, 0.29) is 0 Å². The highest BCUT2D eigenvalue weighted by atomic mass is 16.5. The molecule has 2 aromatic heterocycles. The van der Waals surface area contributed by atoms with E-state index in [1.54, 1.807) is 13.3 Å². The first-order valence-electron chi connectivity index (χ1n) is 7.61. The molecule has 0 unspecified atom stereocenters. The van der Waals surface area contributed by atoms with Crippen LogP contribution in [0.4, 0.5) is 0 Å². The van der Waals surface area contributed by atoms with E-state index in [1.165, 1.54) is 0 Å². The first kappa shape index (κ1) is 15.3. The van der Waals surface area contributed by atoms with Gasteiger partial charge in [-0.3, -0.25) is 5.10 Å². The molecule has 120 valence electrons. The minimum Gasteiger partial charge on any atom is -0.497 e. The number of rotatable bonds is 7. The average Bonchev–Trinajstić information content (AvgIpc) is 3.24. The minimum absolute atomic E-state index is 0.591. The lowest BCUT2D eigenvalue weighted by Crippen LogP contribution is -2.13. The summed E-state index contributed by atoms with van der Waals surface area (Å²) >= 11 is 0. The molecule has 0 saturated heterocycles. The van der Waals surface area contributed by atoms with Gasteiger partial charge in [-0.15, -0.1) is 0 Å². The Morgan fingerprint density at radius 2 is 2.00 bits per heavy atom. The summed E-state index contributed by atoms with van der Waals surface area (Å²) in [6.07, 6.45) is 4.47. The fourth-order valence-corrected chi connectivity index (χ4v) is 2.35. The van der Waals surface area contributed by atoms with Crippen LogP contribution in [-0.4, -0.2) is 22.3 Å². The summed E-state index contributed by atoms with van der Waals surface area (Å²) in [6, 6.07) is 7.90. The fraction of sp³-hybridized carbons (Fsp3) is 0.294. The molecule has 0 aliphatic heterocycles.